The van der Waals surface area contributed by atoms with Crippen molar-refractivity contribution in [2.45, 2.75) is 18.6 Å². The fourth-order valence-electron chi connectivity index (χ4n) is 4.52. The Morgan fingerprint density at radius 3 is 2.57 bits per heavy atom. The first-order chi connectivity index (χ1) is 13.4. The van der Waals surface area contributed by atoms with Gasteiger partial charge in [0.25, 0.3) is 0 Å². The molecular weight excluding hydrogens is 378 g/mol. The largest absolute Gasteiger partial charge is 0.362 e. The molecule has 0 N–H and O–H groups in total. The molecule has 0 aliphatic carbocycles. The summed E-state index contributed by atoms with van der Waals surface area (Å²) >= 11 is 6.13. The Hall–Kier alpha value is -2.76. The van der Waals surface area contributed by atoms with Crippen molar-refractivity contribution < 1.29 is 19.1 Å². The zero-order chi connectivity index (χ0) is 19.6. The summed E-state index contributed by atoms with van der Waals surface area (Å²) in [7, 11) is 0. The number of hydrogen-bond donors (Lipinski definition) is 0. The minimum atomic E-state index is -0.785. The molecule has 0 spiro atoms. The van der Waals surface area contributed by atoms with Gasteiger partial charge in [-0.15, -0.1) is 0 Å². The van der Waals surface area contributed by atoms with Crippen molar-refractivity contribution in [3.05, 3.63) is 76.8 Å². The lowest BCUT2D eigenvalue weighted by Gasteiger charge is -2.25. The maximum absolute atomic E-state index is 13.2. The molecule has 2 aromatic carbocycles. The summed E-state index contributed by atoms with van der Waals surface area (Å²) in [6.07, 6.45) is 3.29. The Labute approximate surface area is 166 Å². The van der Waals surface area contributed by atoms with Crippen LogP contribution in [0.15, 0.2) is 60.7 Å². The molecule has 0 aromatic heterocycles. The Balaban J connectivity index is 1.61. The fraction of sp³-hybridized carbons (Fsp3) is 0.227. The summed E-state index contributed by atoms with van der Waals surface area (Å²) in [6, 6.07) is 13.4. The van der Waals surface area contributed by atoms with Crippen LogP contribution in [0.25, 0.3) is 0 Å². The van der Waals surface area contributed by atoms with E-state index < -0.39 is 23.5 Å². The second-order valence-corrected chi connectivity index (χ2v) is 7.93. The van der Waals surface area contributed by atoms with Gasteiger partial charge in [-0.2, -0.15) is 0 Å². The number of ketones is 1. The Bertz CT molecular complexity index is 1060. The first-order valence-electron chi connectivity index (χ1n) is 9.05. The van der Waals surface area contributed by atoms with Crippen LogP contribution in [0, 0.1) is 11.8 Å². The molecule has 140 valence electrons. The van der Waals surface area contributed by atoms with E-state index in [9.17, 15) is 14.4 Å². The normalized spacial score (nSPS) is 30.2. The van der Waals surface area contributed by atoms with Crippen LogP contribution in [0.3, 0.4) is 0 Å². The van der Waals surface area contributed by atoms with Crippen LogP contribution >= 0.6 is 11.6 Å². The Morgan fingerprint density at radius 1 is 1.11 bits per heavy atom. The third kappa shape index (κ3) is 2.26. The summed E-state index contributed by atoms with van der Waals surface area (Å²) in [5, 5.41) is 0.361. The predicted molar refractivity (Wildman–Crippen MR) is 103 cm³/mol. The Morgan fingerprint density at radius 2 is 1.86 bits per heavy atom. The molecule has 0 radical (unpaired) electrons. The van der Waals surface area contributed by atoms with Crippen LogP contribution in [0.1, 0.15) is 22.8 Å². The van der Waals surface area contributed by atoms with E-state index in [1.54, 1.807) is 36.4 Å². The van der Waals surface area contributed by atoms with Crippen molar-refractivity contribution >= 4 is 34.9 Å². The van der Waals surface area contributed by atoms with Crippen LogP contribution in [0.5, 0.6) is 0 Å². The molecule has 5 nitrogen and oxygen atoms in total. The van der Waals surface area contributed by atoms with Gasteiger partial charge in [-0.05, 0) is 25.1 Å². The van der Waals surface area contributed by atoms with Gasteiger partial charge in [-0.3, -0.25) is 14.4 Å². The topological polar surface area (TPSA) is 63.7 Å². The van der Waals surface area contributed by atoms with Crippen LogP contribution in [0.2, 0.25) is 5.02 Å². The van der Waals surface area contributed by atoms with Gasteiger partial charge in [0.1, 0.15) is 0 Å². The summed E-state index contributed by atoms with van der Waals surface area (Å²) in [5.74, 6) is -2.10. The highest BCUT2D eigenvalue weighted by Crippen LogP contribution is 2.52. The van der Waals surface area contributed by atoms with Gasteiger partial charge >= 0.3 is 0 Å². The number of anilines is 1. The van der Waals surface area contributed by atoms with Crippen molar-refractivity contribution in [2.24, 2.45) is 11.8 Å². The minimum absolute atomic E-state index is 0.228. The molecule has 4 unspecified atom stereocenters. The number of carbonyl (C=O) groups is 3. The van der Waals surface area contributed by atoms with Gasteiger partial charge in [0, 0.05) is 16.1 Å². The van der Waals surface area contributed by atoms with E-state index >= 15 is 0 Å². The van der Waals surface area contributed by atoms with E-state index in [1.165, 1.54) is 6.07 Å². The molecule has 5 rings (SSSR count). The lowest BCUT2D eigenvalue weighted by atomic mass is 9.78. The summed E-state index contributed by atoms with van der Waals surface area (Å²) < 4.78 is 5.85. The number of amides is 2. The second-order valence-electron chi connectivity index (χ2n) is 7.50. The molecule has 2 saturated heterocycles. The smallest absolute Gasteiger partial charge is 0.241 e. The average Bonchev–Trinajstić information content (AvgIpc) is 3.31. The number of nitrogens with zero attached hydrogens (tertiary/aromatic N) is 1. The lowest BCUT2D eigenvalue weighted by Crippen LogP contribution is -2.39. The van der Waals surface area contributed by atoms with Gasteiger partial charge in [0.15, 0.2) is 5.78 Å². The van der Waals surface area contributed by atoms with Gasteiger partial charge in [-0.1, -0.05) is 54.1 Å². The quantitative estimate of drug-likeness (QED) is 0.455. The van der Waals surface area contributed by atoms with Crippen molar-refractivity contribution in [1.29, 1.82) is 0 Å². The van der Waals surface area contributed by atoms with Crippen LogP contribution in [0.4, 0.5) is 5.69 Å². The van der Waals surface area contributed by atoms with Crippen LogP contribution < -0.4 is 4.90 Å². The number of hydrogen-bond acceptors (Lipinski definition) is 4. The maximum Gasteiger partial charge on any atom is 0.241 e. The van der Waals surface area contributed by atoms with Crippen molar-refractivity contribution in [2.75, 3.05) is 4.90 Å². The number of carbonyl (C=O) groups excluding carboxylic acids is 3. The second kappa shape index (κ2) is 5.87. The van der Waals surface area contributed by atoms with Crippen molar-refractivity contribution in [1.82, 2.24) is 0 Å². The maximum atomic E-state index is 13.2. The van der Waals surface area contributed by atoms with Gasteiger partial charge in [-0.25, -0.2) is 4.90 Å². The Kier molecular flexibility index (Phi) is 3.63. The predicted octanol–water partition coefficient (Wildman–Crippen LogP) is 3.40. The van der Waals surface area contributed by atoms with Gasteiger partial charge < -0.3 is 4.74 Å². The van der Waals surface area contributed by atoms with E-state index in [0.717, 1.165) is 4.90 Å². The van der Waals surface area contributed by atoms with E-state index in [2.05, 4.69) is 0 Å². The first-order valence-corrected chi connectivity index (χ1v) is 9.43. The van der Waals surface area contributed by atoms with Gasteiger partial charge in [0.05, 0.1) is 29.2 Å². The summed E-state index contributed by atoms with van der Waals surface area (Å²) in [6.45, 7) is 1.82. The third-order valence-electron chi connectivity index (χ3n) is 5.81. The molecule has 6 heteroatoms. The van der Waals surface area contributed by atoms with Crippen LogP contribution in [-0.4, -0.2) is 29.3 Å². The molecule has 2 amide bonds. The first kappa shape index (κ1) is 17.3. The van der Waals surface area contributed by atoms with E-state index in [1.807, 2.05) is 25.1 Å². The van der Waals surface area contributed by atoms with E-state index in [-0.39, 0.29) is 28.8 Å². The fourth-order valence-corrected chi connectivity index (χ4v) is 4.69. The zero-order valence-electron chi connectivity index (χ0n) is 15.0. The van der Waals surface area contributed by atoms with Crippen molar-refractivity contribution in [3.63, 3.8) is 0 Å². The molecule has 2 fully saturated rings. The molecule has 3 aliphatic heterocycles. The number of ether oxygens (including phenoxy) is 1. The molecule has 2 aromatic rings. The third-order valence-corrected chi connectivity index (χ3v) is 6.04. The average molecular weight is 394 g/mol. The highest BCUT2D eigenvalue weighted by Gasteiger charge is 2.66. The molecule has 28 heavy (non-hydrogen) atoms. The minimum Gasteiger partial charge on any atom is -0.362 e. The highest BCUT2D eigenvalue weighted by atomic mass is 35.5. The number of rotatable bonds is 3. The van der Waals surface area contributed by atoms with Crippen molar-refractivity contribution in [3.8, 4) is 0 Å². The molecule has 3 heterocycles. The molecule has 2 bridgehead atoms. The SMILES string of the molecule is CC12C=CC(O1)C1C(=O)N(c3ccc(Cl)cc3C(=O)c3ccccc3)C(=O)C12. The molecule has 3 aliphatic rings. The number of fused-ring (bicyclic) bond motifs is 5. The van der Waals surface area contributed by atoms with E-state index in [4.69, 9.17) is 16.3 Å². The van der Waals surface area contributed by atoms with E-state index in [0.29, 0.717) is 10.6 Å². The molecule has 0 saturated carbocycles. The summed E-state index contributed by atoms with van der Waals surface area (Å²) in [5.41, 5.74) is 0.173. The molecule has 4 atom stereocenters. The number of imide groups is 1. The van der Waals surface area contributed by atoms with Crippen LogP contribution in [-0.2, 0) is 14.3 Å². The summed E-state index contributed by atoms with van der Waals surface area (Å²) in [4.78, 5) is 40.6. The van der Waals surface area contributed by atoms with Gasteiger partial charge in [0.2, 0.25) is 11.8 Å². The molecular formula is C22H16ClNO4. The number of halogens is 1. The standard InChI is InChI=1S/C22H16ClNO4/c1-22-10-9-16(28-22)17-18(22)21(27)24(20(17)26)15-8-7-13(23)11-14(15)19(25)12-5-3-2-4-6-12/h2-11,16-18H,1H3. The number of benzene rings is 2. The highest BCUT2D eigenvalue weighted by molar-refractivity contribution is 6.32. The zero-order valence-corrected chi connectivity index (χ0v) is 15.7. The monoisotopic (exact) mass is 393 g/mol. The lowest BCUT2D eigenvalue weighted by molar-refractivity contribution is -0.126.